The minimum atomic E-state index is -1.24. The number of amides is 1. The van der Waals surface area contributed by atoms with Gasteiger partial charge < -0.3 is 21.3 Å². The van der Waals surface area contributed by atoms with Crippen molar-refractivity contribution in [3.05, 3.63) is 12.2 Å². The number of nitrogens with one attached hydrogen (secondary N) is 1. The van der Waals surface area contributed by atoms with Crippen LogP contribution in [-0.2, 0) is 14.3 Å². The van der Waals surface area contributed by atoms with Crippen LogP contribution in [0.5, 0.6) is 0 Å². The molecule has 0 saturated heterocycles. The Kier molecular flexibility index (Phi) is 17.2. The van der Waals surface area contributed by atoms with E-state index in [9.17, 15) is 9.59 Å². The minimum Gasteiger partial charge on any atom is -0.468 e. The molecular formula is C11H24Cl2N2O4. The molecule has 0 aliphatic carbocycles. The maximum atomic E-state index is 11.5. The molecule has 0 fully saturated rings. The van der Waals surface area contributed by atoms with Crippen LogP contribution in [-0.4, -0.2) is 36.0 Å². The van der Waals surface area contributed by atoms with Gasteiger partial charge in [0.25, 0.3) is 0 Å². The fourth-order valence-corrected chi connectivity index (χ4v) is 1.33. The predicted octanol–water partition coefficient (Wildman–Crippen LogP) is 0.367. The summed E-state index contributed by atoms with van der Waals surface area (Å²) in [5, 5.41) is 2.65. The van der Waals surface area contributed by atoms with Crippen molar-refractivity contribution in [2.45, 2.75) is 38.8 Å². The molecule has 0 heterocycles. The first kappa shape index (κ1) is 26.7. The van der Waals surface area contributed by atoms with Crippen LogP contribution in [0.25, 0.3) is 0 Å². The molecule has 0 aromatic heterocycles. The van der Waals surface area contributed by atoms with E-state index < -0.39 is 17.6 Å². The van der Waals surface area contributed by atoms with Crippen molar-refractivity contribution in [3.63, 3.8) is 0 Å². The third-order valence-corrected chi connectivity index (χ3v) is 2.33. The van der Waals surface area contributed by atoms with Crippen LogP contribution >= 0.6 is 24.8 Å². The van der Waals surface area contributed by atoms with E-state index in [-0.39, 0.29) is 36.2 Å². The number of carbonyl (C=O) groups is 2. The second-order valence-electron chi connectivity index (χ2n) is 3.83. The number of rotatable bonds is 5. The molecule has 0 saturated carbocycles. The van der Waals surface area contributed by atoms with Gasteiger partial charge in [-0.3, -0.25) is 4.79 Å². The highest BCUT2D eigenvalue weighted by Crippen LogP contribution is 2.13. The van der Waals surface area contributed by atoms with Gasteiger partial charge in [0, 0.05) is 6.92 Å². The molecule has 0 radical (unpaired) electrons. The van der Waals surface area contributed by atoms with Crippen molar-refractivity contribution >= 4 is 36.7 Å². The molecule has 2 atom stereocenters. The fraction of sp³-hybridized carbons (Fsp3) is 0.636. The molecule has 6 nitrogen and oxygen atoms in total. The Morgan fingerprint density at radius 3 is 2.21 bits per heavy atom. The second-order valence-corrected chi connectivity index (χ2v) is 3.83. The Morgan fingerprint density at radius 1 is 1.42 bits per heavy atom. The van der Waals surface area contributed by atoms with Gasteiger partial charge in [-0.25, -0.2) is 4.79 Å². The Balaban J connectivity index is -0.000000375. The van der Waals surface area contributed by atoms with Gasteiger partial charge in [0.15, 0.2) is 0 Å². The lowest BCUT2D eigenvalue weighted by molar-refractivity contribution is -0.147. The van der Waals surface area contributed by atoms with Crippen LogP contribution in [0.15, 0.2) is 12.2 Å². The average molecular weight is 319 g/mol. The van der Waals surface area contributed by atoms with Crippen molar-refractivity contribution in [3.8, 4) is 0 Å². The van der Waals surface area contributed by atoms with Crippen LogP contribution < -0.4 is 11.1 Å². The lowest BCUT2D eigenvalue weighted by atomic mass is 9.90. The minimum absolute atomic E-state index is 0. The highest BCUT2D eigenvalue weighted by atomic mass is 35.5. The number of esters is 1. The normalized spacial score (nSPS) is 13.9. The van der Waals surface area contributed by atoms with E-state index in [1.165, 1.54) is 14.0 Å². The molecule has 0 aliphatic heterocycles. The zero-order valence-electron chi connectivity index (χ0n) is 11.6. The zero-order valence-corrected chi connectivity index (χ0v) is 13.2. The Labute approximate surface area is 126 Å². The molecule has 0 aromatic carbocycles. The maximum Gasteiger partial charge on any atom is 0.327 e. The predicted molar refractivity (Wildman–Crippen MR) is 79.8 cm³/mol. The van der Waals surface area contributed by atoms with Crippen molar-refractivity contribution < 1.29 is 19.8 Å². The first-order valence-electron chi connectivity index (χ1n) is 5.11. The zero-order chi connectivity index (χ0) is 12.8. The van der Waals surface area contributed by atoms with Gasteiger partial charge in [-0.2, -0.15) is 0 Å². The monoisotopic (exact) mass is 318 g/mol. The largest absolute Gasteiger partial charge is 0.468 e. The number of hydrogen-bond donors (Lipinski definition) is 2. The molecule has 8 heteroatoms. The summed E-state index contributed by atoms with van der Waals surface area (Å²) in [4.78, 5) is 22.5. The average Bonchev–Trinajstić information content (AvgIpc) is 2.22. The summed E-state index contributed by atoms with van der Waals surface area (Å²) in [6, 6.07) is -0.478. The van der Waals surface area contributed by atoms with Crippen molar-refractivity contribution in [1.29, 1.82) is 0 Å². The molecule has 0 aliphatic rings. The summed E-state index contributed by atoms with van der Waals surface area (Å²) in [7, 11) is 1.27. The second kappa shape index (κ2) is 12.2. The van der Waals surface area contributed by atoms with Crippen LogP contribution in [0.4, 0.5) is 0 Å². The maximum absolute atomic E-state index is 11.5. The first-order valence-corrected chi connectivity index (χ1v) is 5.11. The summed E-state index contributed by atoms with van der Waals surface area (Å²) in [6.45, 7) is 4.79. The number of carbonyl (C=O) groups excluding carboxylic acids is 2. The smallest absolute Gasteiger partial charge is 0.327 e. The van der Waals surface area contributed by atoms with Crippen molar-refractivity contribution in [2.24, 2.45) is 5.73 Å². The van der Waals surface area contributed by atoms with E-state index in [2.05, 4.69) is 10.1 Å². The highest BCUT2D eigenvalue weighted by Gasteiger charge is 2.38. The van der Waals surface area contributed by atoms with Gasteiger partial charge >= 0.3 is 5.97 Å². The molecule has 0 bridgehead atoms. The van der Waals surface area contributed by atoms with E-state index in [4.69, 9.17) is 5.73 Å². The lowest BCUT2D eigenvalue weighted by Crippen LogP contribution is -2.61. The van der Waals surface area contributed by atoms with Gasteiger partial charge in [-0.1, -0.05) is 12.2 Å². The molecular weight excluding hydrogens is 295 g/mol. The van der Waals surface area contributed by atoms with E-state index in [1.807, 2.05) is 19.1 Å². The number of nitrogens with two attached hydrogens (primary N) is 1. The Bertz CT molecular complexity index is 296. The van der Waals surface area contributed by atoms with Crippen molar-refractivity contribution in [1.82, 2.24) is 5.32 Å². The summed E-state index contributed by atoms with van der Waals surface area (Å²) in [5.41, 5.74) is 4.64. The molecule has 0 rings (SSSR count). The lowest BCUT2D eigenvalue weighted by Gasteiger charge is -2.31. The Morgan fingerprint density at radius 2 is 1.89 bits per heavy atom. The van der Waals surface area contributed by atoms with Gasteiger partial charge in [0.2, 0.25) is 5.91 Å². The third kappa shape index (κ3) is 8.83. The molecule has 5 N–H and O–H groups in total. The quantitative estimate of drug-likeness (QED) is 0.563. The molecule has 0 spiro atoms. The summed E-state index contributed by atoms with van der Waals surface area (Å²) < 4.78 is 4.62. The summed E-state index contributed by atoms with van der Waals surface area (Å²) in [5.74, 6) is -0.772. The number of halogens is 2. The van der Waals surface area contributed by atoms with Gasteiger partial charge in [0.05, 0.1) is 13.2 Å². The number of methoxy groups -OCH3 is 1. The first-order chi connectivity index (χ1) is 7.36. The van der Waals surface area contributed by atoms with Crippen molar-refractivity contribution in [2.75, 3.05) is 7.11 Å². The van der Waals surface area contributed by atoms with E-state index >= 15 is 0 Å². The van der Waals surface area contributed by atoms with Gasteiger partial charge in [0.1, 0.15) is 5.54 Å². The number of allylic oxidation sites excluding steroid dienone is 1. The van der Waals surface area contributed by atoms with E-state index in [1.54, 1.807) is 6.92 Å². The molecule has 19 heavy (non-hydrogen) atoms. The molecule has 116 valence electrons. The SMILES string of the molecule is CC=CCC(NC(C)=O)C(C)(N)C(=O)OC.Cl.Cl.O. The van der Waals surface area contributed by atoms with Gasteiger partial charge in [-0.05, 0) is 20.3 Å². The van der Waals surface area contributed by atoms with Gasteiger partial charge in [-0.15, -0.1) is 24.8 Å². The number of hydrogen-bond acceptors (Lipinski definition) is 4. The molecule has 1 amide bonds. The molecule has 2 unspecified atom stereocenters. The number of ether oxygens (including phenoxy) is 1. The van der Waals surface area contributed by atoms with Crippen LogP contribution in [0.3, 0.4) is 0 Å². The summed E-state index contributed by atoms with van der Waals surface area (Å²) >= 11 is 0. The molecule has 0 aromatic rings. The van der Waals surface area contributed by atoms with Crippen LogP contribution in [0, 0.1) is 0 Å². The highest BCUT2D eigenvalue weighted by molar-refractivity contribution is 5.85. The topological polar surface area (TPSA) is 113 Å². The van der Waals surface area contributed by atoms with E-state index in [0.29, 0.717) is 6.42 Å². The van der Waals surface area contributed by atoms with Crippen LogP contribution in [0.1, 0.15) is 27.2 Å². The summed E-state index contributed by atoms with van der Waals surface area (Å²) in [6.07, 6.45) is 4.16. The Hall–Kier alpha value is -0.820. The fourth-order valence-electron chi connectivity index (χ4n) is 1.33. The standard InChI is InChI=1S/C11H20N2O3.2ClH.H2O/c1-5-6-7-9(13-8(2)14)11(3,12)10(15)16-4;;;/h5-6,9H,7,12H2,1-4H3,(H,13,14);2*1H;1H2. The van der Waals surface area contributed by atoms with Crippen LogP contribution in [0.2, 0.25) is 0 Å². The van der Waals surface area contributed by atoms with E-state index in [0.717, 1.165) is 0 Å². The third-order valence-electron chi connectivity index (χ3n) is 2.33.